The van der Waals surface area contributed by atoms with Crippen molar-refractivity contribution >= 4 is 5.78 Å². The maximum atomic E-state index is 12.2. The van der Waals surface area contributed by atoms with E-state index in [9.17, 15) is 4.79 Å². The molecule has 20 heavy (non-hydrogen) atoms. The highest BCUT2D eigenvalue weighted by atomic mass is 16.5. The van der Waals surface area contributed by atoms with Crippen LogP contribution < -0.4 is 0 Å². The van der Waals surface area contributed by atoms with E-state index in [1.54, 1.807) is 0 Å². The number of carbonyl (C=O) groups is 1. The number of hydrogen-bond acceptors (Lipinski definition) is 2. The van der Waals surface area contributed by atoms with Gasteiger partial charge in [0.25, 0.3) is 0 Å². The van der Waals surface area contributed by atoms with Crippen molar-refractivity contribution in [2.24, 2.45) is 5.41 Å². The van der Waals surface area contributed by atoms with Gasteiger partial charge in [-0.3, -0.25) is 4.79 Å². The molecule has 1 aromatic heterocycles. The molecule has 3 heteroatoms. The van der Waals surface area contributed by atoms with Gasteiger partial charge in [-0.2, -0.15) is 0 Å². The van der Waals surface area contributed by atoms with E-state index in [4.69, 9.17) is 4.74 Å². The quantitative estimate of drug-likeness (QED) is 0.587. The van der Waals surface area contributed by atoms with Gasteiger partial charge < -0.3 is 9.30 Å². The molecular formula is C17H25NO2. The number of Topliss-reactive ketones (excluding diaryl/α,β-unsaturated/α-hetero) is 1. The van der Waals surface area contributed by atoms with E-state index in [1.165, 1.54) is 5.69 Å². The minimum atomic E-state index is 0.0658. The van der Waals surface area contributed by atoms with Gasteiger partial charge in [-0.15, -0.1) is 6.58 Å². The summed E-state index contributed by atoms with van der Waals surface area (Å²) in [7, 11) is 0. The molecule has 1 aliphatic rings. The normalized spacial score (nSPS) is 17.1. The van der Waals surface area contributed by atoms with E-state index < -0.39 is 0 Å². The maximum Gasteiger partial charge on any atom is 0.165 e. The standard InChI is InChI=1S/C17H25NO2/c1-5-6-8-20-9-7-18-13(2)10-14-15(18)11-17(3,4)12-16(14)19/h5,10H,1,6-9,11-12H2,2-4H3. The zero-order valence-electron chi connectivity index (χ0n) is 12.9. The van der Waals surface area contributed by atoms with Gasteiger partial charge >= 0.3 is 0 Å². The molecule has 0 bridgehead atoms. The molecule has 0 unspecified atom stereocenters. The number of nitrogens with zero attached hydrogens (tertiary/aromatic N) is 1. The molecule has 0 N–H and O–H groups in total. The summed E-state index contributed by atoms with van der Waals surface area (Å²) in [5, 5.41) is 0. The Morgan fingerprint density at radius 2 is 2.15 bits per heavy atom. The number of aryl methyl sites for hydroxylation is 1. The Balaban J connectivity index is 2.10. The van der Waals surface area contributed by atoms with Crippen molar-refractivity contribution in [1.82, 2.24) is 4.57 Å². The molecule has 2 rings (SSSR count). The molecular weight excluding hydrogens is 250 g/mol. The lowest BCUT2D eigenvalue weighted by Gasteiger charge is -2.29. The Bertz CT molecular complexity index is 511. The van der Waals surface area contributed by atoms with Crippen LogP contribution in [-0.2, 0) is 17.7 Å². The largest absolute Gasteiger partial charge is 0.379 e. The molecule has 1 aliphatic carbocycles. The van der Waals surface area contributed by atoms with Crippen molar-refractivity contribution in [3.63, 3.8) is 0 Å². The van der Waals surface area contributed by atoms with Gasteiger partial charge in [0.1, 0.15) is 0 Å². The molecule has 0 spiro atoms. The average Bonchev–Trinajstić information content (AvgIpc) is 2.65. The summed E-state index contributed by atoms with van der Waals surface area (Å²) < 4.78 is 7.85. The fraction of sp³-hybridized carbons (Fsp3) is 0.588. The van der Waals surface area contributed by atoms with E-state index >= 15 is 0 Å². The first-order valence-electron chi connectivity index (χ1n) is 7.35. The number of carbonyl (C=O) groups excluding carboxylic acids is 1. The number of ketones is 1. The lowest BCUT2D eigenvalue weighted by molar-refractivity contribution is 0.0907. The first-order chi connectivity index (χ1) is 9.44. The van der Waals surface area contributed by atoms with Gasteiger partial charge in [-0.25, -0.2) is 0 Å². The van der Waals surface area contributed by atoms with Gasteiger partial charge in [-0.1, -0.05) is 19.9 Å². The third kappa shape index (κ3) is 3.21. The average molecular weight is 275 g/mol. The van der Waals surface area contributed by atoms with Crippen molar-refractivity contribution < 1.29 is 9.53 Å². The second-order valence-corrected chi connectivity index (χ2v) is 6.43. The monoisotopic (exact) mass is 275 g/mol. The smallest absolute Gasteiger partial charge is 0.165 e. The number of rotatable bonds is 6. The summed E-state index contributed by atoms with van der Waals surface area (Å²) >= 11 is 0. The van der Waals surface area contributed by atoms with Gasteiger partial charge in [0, 0.05) is 29.9 Å². The summed E-state index contributed by atoms with van der Waals surface area (Å²) in [6.07, 6.45) is 4.37. The van der Waals surface area contributed by atoms with Crippen LogP contribution in [0.1, 0.15) is 48.4 Å². The van der Waals surface area contributed by atoms with Crippen LogP contribution in [0.3, 0.4) is 0 Å². The Labute approximate surface area is 121 Å². The topological polar surface area (TPSA) is 31.2 Å². The van der Waals surface area contributed by atoms with E-state index in [0.717, 1.165) is 37.3 Å². The van der Waals surface area contributed by atoms with Crippen molar-refractivity contribution in [2.45, 2.75) is 46.6 Å². The van der Waals surface area contributed by atoms with E-state index in [1.807, 2.05) is 12.1 Å². The number of hydrogen-bond donors (Lipinski definition) is 0. The van der Waals surface area contributed by atoms with Crippen LogP contribution in [0.4, 0.5) is 0 Å². The highest BCUT2D eigenvalue weighted by Crippen LogP contribution is 2.36. The predicted octanol–water partition coefficient (Wildman–Crippen LogP) is 3.54. The van der Waals surface area contributed by atoms with E-state index in [-0.39, 0.29) is 11.2 Å². The molecule has 0 atom stereocenters. The summed E-state index contributed by atoms with van der Waals surface area (Å²) in [4.78, 5) is 12.2. The maximum absolute atomic E-state index is 12.2. The van der Waals surface area contributed by atoms with Crippen LogP contribution in [0.5, 0.6) is 0 Å². The van der Waals surface area contributed by atoms with Gasteiger partial charge in [-0.05, 0) is 31.2 Å². The Morgan fingerprint density at radius 3 is 2.85 bits per heavy atom. The number of aromatic nitrogens is 1. The van der Waals surface area contributed by atoms with Gasteiger partial charge in [0.05, 0.1) is 13.2 Å². The molecule has 0 fully saturated rings. The van der Waals surface area contributed by atoms with Crippen LogP contribution in [0.2, 0.25) is 0 Å². The predicted molar refractivity (Wildman–Crippen MR) is 81.2 cm³/mol. The first kappa shape index (κ1) is 15.0. The molecule has 110 valence electrons. The molecule has 0 saturated carbocycles. The highest BCUT2D eigenvalue weighted by molar-refractivity contribution is 5.99. The van der Waals surface area contributed by atoms with Crippen molar-refractivity contribution in [1.29, 1.82) is 0 Å². The molecule has 0 aliphatic heterocycles. The zero-order chi connectivity index (χ0) is 14.8. The summed E-state index contributed by atoms with van der Waals surface area (Å²) in [6.45, 7) is 12.3. The second-order valence-electron chi connectivity index (χ2n) is 6.43. The molecule has 1 heterocycles. The lowest BCUT2D eigenvalue weighted by atomic mass is 9.76. The molecule has 0 saturated heterocycles. The SMILES string of the molecule is C=CCCOCCn1c(C)cc2c1CC(C)(C)CC2=O. The fourth-order valence-electron chi connectivity index (χ4n) is 2.94. The first-order valence-corrected chi connectivity index (χ1v) is 7.35. The van der Waals surface area contributed by atoms with Gasteiger partial charge in [0.2, 0.25) is 0 Å². The third-order valence-electron chi connectivity index (χ3n) is 3.93. The fourth-order valence-corrected chi connectivity index (χ4v) is 2.94. The third-order valence-corrected chi connectivity index (χ3v) is 3.93. The molecule has 1 aromatic rings. The zero-order valence-corrected chi connectivity index (χ0v) is 12.9. The van der Waals surface area contributed by atoms with Crippen LogP contribution in [0, 0.1) is 12.3 Å². The van der Waals surface area contributed by atoms with Crippen LogP contribution >= 0.6 is 0 Å². The lowest BCUT2D eigenvalue weighted by Crippen LogP contribution is -2.28. The summed E-state index contributed by atoms with van der Waals surface area (Å²) in [6, 6.07) is 2.04. The molecule has 3 nitrogen and oxygen atoms in total. The minimum Gasteiger partial charge on any atom is -0.379 e. The van der Waals surface area contributed by atoms with Crippen LogP contribution in [0.15, 0.2) is 18.7 Å². The molecule has 0 radical (unpaired) electrons. The van der Waals surface area contributed by atoms with Crippen LogP contribution in [-0.4, -0.2) is 23.6 Å². The van der Waals surface area contributed by atoms with Crippen molar-refractivity contribution in [3.8, 4) is 0 Å². The molecule has 0 aromatic carbocycles. The number of fused-ring (bicyclic) bond motifs is 1. The van der Waals surface area contributed by atoms with Gasteiger partial charge in [0.15, 0.2) is 5.78 Å². The van der Waals surface area contributed by atoms with E-state index in [0.29, 0.717) is 13.0 Å². The second kappa shape index (κ2) is 5.96. The summed E-state index contributed by atoms with van der Waals surface area (Å²) in [5.41, 5.74) is 3.34. The Kier molecular flexibility index (Phi) is 4.48. The van der Waals surface area contributed by atoms with Crippen LogP contribution in [0.25, 0.3) is 0 Å². The molecule has 0 amide bonds. The number of ether oxygens (including phenoxy) is 1. The van der Waals surface area contributed by atoms with Crippen molar-refractivity contribution in [2.75, 3.05) is 13.2 Å². The summed E-state index contributed by atoms with van der Waals surface area (Å²) in [5.74, 6) is 0.283. The minimum absolute atomic E-state index is 0.0658. The Morgan fingerprint density at radius 1 is 1.40 bits per heavy atom. The Hall–Kier alpha value is -1.35. The van der Waals surface area contributed by atoms with E-state index in [2.05, 4.69) is 31.9 Å². The van der Waals surface area contributed by atoms with Crippen molar-refractivity contribution in [3.05, 3.63) is 35.7 Å². The highest BCUT2D eigenvalue weighted by Gasteiger charge is 2.33.